The van der Waals surface area contributed by atoms with E-state index in [0.29, 0.717) is 5.58 Å². The van der Waals surface area contributed by atoms with Crippen molar-refractivity contribution in [2.75, 3.05) is 0 Å². The van der Waals surface area contributed by atoms with E-state index in [-0.39, 0.29) is 4.90 Å². The minimum atomic E-state index is -3.96. The number of aryl methyl sites for hydroxylation is 2. The standard InChI is InChI=1S/C17H22N2O5S/c1-17(2,16(20)18-21)19-25(22,23)11-8-9-13-12-6-4-3-5-7-14(12)24-15(13)10-11/h8-10,19,21H,3-7H2,1-2H3,(H,18,20). The normalized spacial score (nSPS) is 15.6. The molecule has 25 heavy (non-hydrogen) atoms. The van der Waals surface area contributed by atoms with Gasteiger partial charge in [-0.1, -0.05) is 6.42 Å². The van der Waals surface area contributed by atoms with Gasteiger partial charge in [0.15, 0.2) is 0 Å². The number of sulfonamides is 1. The molecule has 1 amide bonds. The van der Waals surface area contributed by atoms with Crippen molar-refractivity contribution in [3.8, 4) is 0 Å². The number of furan rings is 1. The van der Waals surface area contributed by atoms with Crippen LogP contribution in [0.1, 0.15) is 44.4 Å². The van der Waals surface area contributed by atoms with E-state index in [4.69, 9.17) is 9.62 Å². The van der Waals surface area contributed by atoms with Crippen LogP contribution in [0.15, 0.2) is 27.5 Å². The van der Waals surface area contributed by atoms with Crippen molar-refractivity contribution < 1.29 is 22.8 Å². The molecule has 2 aromatic rings. The first-order chi connectivity index (χ1) is 11.7. The molecule has 0 radical (unpaired) electrons. The van der Waals surface area contributed by atoms with Gasteiger partial charge in [0.2, 0.25) is 10.0 Å². The summed E-state index contributed by atoms with van der Waals surface area (Å²) in [6.45, 7) is 2.73. The van der Waals surface area contributed by atoms with E-state index in [0.717, 1.165) is 36.8 Å². The minimum absolute atomic E-state index is 0.0164. The molecule has 0 spiro atoms. The second kappa shape index (κ2) is 6.44. The smallest absolute Gasteiger partial charge is 0.264 e. The zero-order chi connectivity index (χ0) is 18.2. The predicted octanol–water partition coefficient (Wildman–Crippen LogP) is 2.26. The summed E-state index contributed by atoms with van der Waals surface area (Å²) in [7, 11) is -3.96. The lowest BCUT2D eigenvalue weighted by Gasteiger charge is -2.23. The van der Waals surface area contributed by atoms with Crippen molar-refractivity contribution in [2.24, 2.45) is 0 Å². The van der Waals surface area contributed by atoms with Gasteiger partial charge in [0.05, 0.1) is 4.90 Å². The molecule has 3 N–H and O–H groups in total. The topological polar surface area (TPSA) is 109 Å². The molecule has 3 rings (SSSR count). The van der Waals surface area contributed by atoms with Crippen molar-refractivity contribution in [2.45, 2.75) is 56.4 Å². The second-order valence-corrected chi connectivity index (χ2v) is 8.58. The van der Waals surface area contributed by atoms with Crippen LogP contribution in [-0.4, -0.2) is 25.1 Å². The van der Waals surface area contributed by atoms with Crippen LogP contribution in [0.5, 0.6) is 0 Å². The van der Waals surface area contributed by atoms with Gasteiger partial charge in [0.25, 0.3) is 5.91 Å². The van der Waals surface area contributed by atoms with Gasteiger partial charge in [0.1, 0.15) is 16.9 Å². The predicted molar refractivity (Wildman–Crippen MR) is 91.8 cm³/mol. The molecule has 1 heterocycles. The van der Waals surface area contributed by atoms with Gasteiger partial charge in [-0.3, -0.25) is 10.0 Å². The fourth-order valence-corrected chi connectivity index (χ4v) is 4.56. The third-order valence-corrected chi connectivity index (χ3v) is 6.20. The number of carbonyl (C=O) groups is 1. The third kappa shape index (κ3) is 3.42. The highest BCUT2D eigenvalue weighted by atomic mass is 32.2. The second-order valence-electron chi connectivity index (χ2n) is 6.89. The molecule has 0 aliphatic heterocycles. The summed E-state index contributed by atoms with van der Waals surface area (Å²) in [6, 6.07) is 4.76. The van der Waals surface area contributed by atoms with Crippen LogP contribution < -0.4 is 10.2 Å². The Morgan fingerprint density at radius 1 is 1.20 bits per heavy atom. The van der Waals surface area contributed by atoms with Gasteiger partial charge in [0, 0.05) is 23.4 Å². The third-order valence-electron chi connectivity index (χ3n) is 4.55. The Bertz CT molecular complexity index is 915. The number of hydrogen-bond donors (Lipinski definition) is 3. The van der Waals surface area contributed by atoms with Crippen molar-refractivity contribution in [1.82, 2.24) is 10.2 Å². The number of carbonyl (C=O) groups excluding carboxylic acids is 1. The zero-order valence-corrected chi connectivity index (χ0v) is 15.1. The highest BCUT2D eigenvalue weighted by molar-refractivity contribution is 7.89. The summed E-state index contributed by atoms with van der Waals surface area (Å²) >= 11 is 0. The molecule has 0 atom stereocenters. The van der Waals surface area contributed by atoms with E-state index in [1.54, 1.807) is 6.07 Å². The molecule has 0 bridgehead atoms. The minimum Gasteiger partial charge on any atom is -0.461 e. The van der Waals surface area contributed by atoms with Crippen molar-refractivity contribution in [3.05, 3.63) is 29.5 Å². The van der Waals surface area contributed by atoms with Crippen molar-refractivity contribution >= 4 is 26.9 Å². The fraction of sp³-hybridized carbons (Fsp3) is 0.471. The van der Waals surface area contributed by atoms with E-state index in [9.17, 15) is 13.2 Å². The van der Waals surface area contributed by atoms with Crippen molar-refractivity contribution in [1.29, 1.82) is 0 Å². The monoisotopic (exact) mass is 366 g/mol. The molecular formula is C17H22N2O5S. The molecule has 1 aliphatic rings. The molecule has 0 fully saturated rings. The Morgan fingerprint density at radius 3 is 2.64 bits per heavy atom. The Labute approximate surface area is 146 Å². The largest absolute Gasteiger partial charge is 0.461 e. The molecule has 0 saturated carbocycles. The lowest BCUT2D eigenvalue weighted by molar-refractivity contribution is -0.134. The number of nitrogens with one attached hydrogen (secondary N) is 2. The number of benzene rings is 1. The van der Waals surface area contributed by atoms with E-state index in [1.165, 1.54) is 43.4 Å². The molecular weight excluding hydrogens is 344 g/mol. The van der Waals surface area contributed by atoms with Gasteiger partial charge in [-0.2, -0.15) is 4.72 Å². The summed E-state index contributed by atoms with van der Waals surface area (Å²) in [5, 5.41) is 9.69. The van der Waals surface area contributed by atoms with Crippen LogP contribution in [0.3, 0.4) is 0 Å². The van der Waals surface area contributed by atoms with Gasteiger partial charge in [-0.15, -0.1) is 0 Å². The highest BCUT2D eigenvalue weighted by Gasteiger charge is 2.33. The maximum atomic E-state index is 12.6. The first-order valence-corrected chi connectivity index (χ1v) is 9.76. The van der Waals surface area contributed by atoms with Crippen LogP contribution in [-0.2, 0) is 27.7 Å². The van der Waals surface area contributed by atoms with E-state index in [2.05, 4.69) is 4.72 Å². The highest BCUT2D eigenvalue weighted by Crippen LogP contribution is 2.32. The average Bonchev–Trinajstić information content (AvgIpc) is 2.73. The van der Waals surface area contributed by atoms with Crippen LogP contribution in [0, 0.1) is 0 Å². The SMILES string of the molecule is CC(C)(NS(=O)(=O)c1ccc2c3c(oc2c1)CCCCC3)C(=O)NO. The average molecular weight is 366 g/mol. The quantitative estimate of drug-likeness (QED) is 0.437. The maximum Gasteiger partial charge on any atom is 0.264 e. The Kier molecular flexibility index (Phi) is 4.61. The fourth-order valence-electron chi connectivity index (χ4n) is 3.17. The van der Waals surface area contributed by atoms with Crippen LogP contribution in [0.4, 0.5) is 0 Å². The molecule has 136 valence electrons. The van der Waals surface area contributed by atoms with Crippen LogP contribution in [0.25, 0.3) is 11.0 Å². The van der Waals surface area contributed by atoms with Crippen LogP contribution in [0.2, 0.25) is 0 Å². The number of amides is 1. The van der Waals surface area contributed by atoms with E-state index < -0.39 is 21.5 Å². The van der Waals surface area contributed by atoms with Crippen LogP contribution >= 0.6 is 0 Å². The Balaban J connectivity index is 1.97. The molecule has 1 aliphatic carbocycles. The number of rotatable bonds is 4. The van der Waals surface area contributed by atoms with E-state index >= 15 is 0 Å². The first kappa shape index (κ1) is 17.9. The number of fused-ring (bicyclic) bond motifs is 3. The summed E-state index contributed by atoms with van der Waals surface area (Å²) in [5.74, 6) is 0.0943. The summed E-state index contributed by atoms with van der Waals surface area (Å²) in [5.41, 5.74) is 1.68. The van der Waals surface area contributed by atoms with Crippen molar-refractivity contribution in [3.63, 3.8) is 0 Å². The Morgan fingerprint density at radius 2 is 1.92 bits per heavy atom. The summed E-state index contributed by atoms with van der Waals surface area (Å²) in [4.78, 5) is 11.6. The Hall–Kier alpha value is -1.90. The van der Waals surface area contributed by atoms with Gasteiger partial charge < -0.3 is 4.42 Å². The molecule has 7 nitrogen and oxygen atoms in total. The zero-order valence-electron chi connectivity index (χ0n) is 14.3. The number of hydrogen-bond acceptors (Lipinski definition) is 5. The van der Waals surface area contributed by atoms with Gasteiger partial charge >= 0.3 is 0 Å². The number of hydroxylamine groups is 1. The van der Waals surface area contributed by atoms with Gasteiger partial charge in [-0.05, 0) is 45.2 Å². The summed E-state index contributed by atoms with van der Waals surface area (Å²) < 4.78 is 33.4. The molecule has 0 saturated heterocycles. The summed E-state index contributed by atoms with van der Waals surface area (Å²) in [6.07, 6.45) is 5.16. The first-order valence-electron chi connectivity index (χ1n) is 8.27. The van der Waals surface area contributed by atoms with Gasteiger partial charge in [-0.25, -0.2) is 13.9 Å². The molecule has 1 aromatic carbocycles. The maximum absolute atomic E-state index is 12.6. The lowest BCUT2D eigenvalue weighted by atomic mass is 10.1. The van der Waals surface area contributed by atoms with E-state index in [1.807, 2.05) is 0 Å². The lowest BCUT2D eigenvalue weighted by Crippen LogP contribution is -2.53. The molecule has 1 aromatic heterocycles. The molecule has 0 unspecified atom stereocenters. The molecule has 8 heteroatoms.